The molecule has 0 radical (unpaired) electrons. The van der Waals surface area contributed by atoms with Crippen molar-refractivity contribution in [3.8, 4) is 17.6 Å². The Kier molecular flexibility index (Phi) is 6.13. The number of nitriles is 1. The highest BCUT2D eigenvalue weighted by molar-refractivity contribution is 5.39. The van der Waals surface area contributed by atoms with Crippen LogP contribution >= 0.6 is 0 Å². The van der Waals surface area contributed by atoms with E-state index < -0.39 is 5.82 Å². The molecule has 0 aromatic heterocycles. The SMILES string of the molecule is CC(C)CCNCc1ccc(Oc2ccc(C#N)c(F)c2)cc1. The first-order valence-corrected chi connectivity index (χ1v) is 7.75. The smallest absolute Gasteiger partial charge is 0.144 e. The van der Waals surface area contributed by atoms with Gasteiger partial charge in [-0.3, -0.25) is 0 Å². The Morgan fingerprint density at radius 2 is 1.83 bits per heavy atom. The third-order valence-corrected chi connectivity index (χ3v) is 3.45. The second kappa shape index (κ2) is 8.30. The van der Waals surface area contributed by atoms with Crippen LogP contribution in [0.1, 0.15) is 31.4 Å². The molecule has 23 heavy (non-hydrogen) atoms. The fourth-order valence-electron chi connectivity index (χ4n) is 2.08. The van der Waals surface area contributed by atoms with Crippen LogP contribution in [0, 0.1) is 23.1 Å². The average molecular weight is 312 g/mol. The predicted octanol–water partition coefficient (Wildman–Crippen LogP) is 4.63. The molecule has 0 unspecified atom stereocenters. The van der Waals surface area contributed by atoms with E-state index in [9.17, 15) is 4.39 Å². The van der Waals surface area contributed by atoms with E-state index in [-0.39, 0.29) is 5.56 Å². The number of hydrogen-bond donors (Lipinski definition) is 1. The zero-order chi connectivity index (χ0) is 16.7. The van der Waals surface area contributed by atoms with Gasteiger partial charge in [-0.1, -0.05) is 26.0 Å². The molecule has 0 aliphatic heterocycles. The van der Waals surface area contributed by atoms with Crippen LogP contribution in [-0.2, 0) is 6.54 Å². The Labute approximate surface area is 136 Å². The van der Waals surface area contributed by atoms with E-state index in [1.165, 1.54) is 17.7 Å². The predicted molar refractivity (Wildman–Crippen MR) is 88.8 cm³/mol. The fourth-order valence-corrected chi connectivity index (χ4v) is 2.08. The van der Waals surface area contributed by atoms with E-state index in [4.69, 9.17) is 10.00 Å². The summed E-state index contributed by atoms with van der Waals surface area (Å²) in [7, 11) is 0. The third kappa shape index (κ3) is 5.39. The molecule has 120 valence electrons. The van der Waals surface area contributed by atoms with Crippen molar-refractivity contribution in [2.45, 2.75) is 26.8 Å². The maximum absolute atomic E-state index is 13.5. The van der Waals surface area contributed by atoms with Gasteiger partial charge in [-0.25, -0.2) is 4.39 Å². The number of ether oxygens (including phenoxy) is 1. The molecule has 2 aromatic rings. The highest BCUT2D eigenvalue weighted by Gasteiger charge is 2.04. The minimum absolute atomic E-state index is 0.0140. The lowest BCUT2D eigenvalue weighted by molar-refractivity contribution is 0.476. The van der Waals surface area contributed by atoms with E-state index >= 15 is 0 Å². The molecule has 0 saturated carbocycles. The maximum Gasteiger partial charge on any atom is 0.144 e. The van der Waals surface area contributed by atoms with Crippen LogP contribution in [0.2, 0.25) is 0 Å². The van der Waals surface area contributed by atoms with Gasteiger partial charge in [0, 0.05) is 12.6 Å². The molecular formula is C19H21FN2O. The maximum atomic E-state index is 13.5. The van der Waals surface area contributed by atoms with Gasteiger partial charge >= 0.3 is 0 Å². The van der Waals surface area contributed by atoms with Crippen LogP contribution in [0.5, 0.6) is 11.5 Å². The van der Waals surface area contributed by atoms with Gasteiger partial charge in [0.1, 0.15) is 23.4 Å². The molecule has 0 spiro atoms. The minimum atomic E-state index is -0.573. The molecule has 0 fully saturated rings. The Balaban J connectivity index is 1.90. The summed E-state index contributed by atoms with van der Waals surface area (Å²) in [6.07, 6.45) is 1.16. The van der Waals surface area contributed by atoms with E-state index in [0.29, 0.717) is 17.4 Å². The zero-order valence-corrected chi connectivity index (χ0v) is 13.5. The molecule has 1 N–H and O–H groups in total. The normalized spacial score (nSPS) is 10.6. The molecule has 0 bridgehead atoms. The summed E-state index contributed by atoms with van der Waals surface area (Å²) in [5.41, 5.74) is 1.19. The van der Waals surface area contributed by atoms with Crippen molar-refractivity contribution in [2.75, 3.05) is 6.54 Å². The number of benzene rings is 2. The second-order valence-electron chi connectivity index (χ2n) is 5.86. The van der Waals surface area contributed by atoms with Crippen molar-refractivity contribution in [3.05, 3.63) is 59.4 Å². The van der Waals surface area contributed by atoms with Crippen LogP contribution in [-0.4, -0.2) is 6.54 Å². The highest BCUT2D eigenvalue weighted by Crippen LogP contribution is 2.23. The second-order valence-corrected chi connectivity index (χ2v) is 5.86. The van der Waals surface area contributed by atoms with Crippen molar-refractivity contribution in [1.82, 2.24) is 5.32 Å². The van der Waals surface area contributed by atoms with Gasteiger partial charge in [0.15, 0.2) is 0 Å². The first-order valence-electron chi connectivity index (χ1n) is 7.75. The van der Waals surface area contributed by atoms with Crippen LogP contribution in [0.3, 0.4) is 0 Å². The van der Waals surface area contributed by atoms with Gasteiger partial charge in [-0.15, -0.1) is 0 Å². The van der Waals surface area contributed by atoms with E-state index in [2.05, 4.69) is 19.2 Å². The Hall–Kier alpha value is -2.38. The van der Waals surface area contributed by atoms with Crippen LogP contribution in [0.15, 0.2) is 42.5 Å². The summed E-state index contributed by atoms with van der Waals surface area (Å²) < 4.78 is 19.1. The van der Waals surface area contributed by atoms with Crippen molar-refractivity contribution >= 4 is 0 Å². The van der Waals surface area contributed by atoms with Crippen molar-refractivity contribution in [1.29, 1.82) is 5.26 Å². The van der Waals surface area contributed by atoms with Gasteiger partial charge < -0.3 is 10.1 Å². The molecule has 4 heteroatoms. The summed E-state index contributed by atoms with van der Waals surface area (Å²) in [4.78, 5) is 0. The third-order valence-electron chi connectivity index (χ3n) is 3.45. The van der Waals surface area contributed by atoms with Crippen LogP contribution in [0.4, 0.5) is 4.39 Å². The molecule has 0 atom stereocenters. The highest BCUT2D eigenvalue weighted by atomic mass is 19.1. The van der Waals surface area contributed by atoms with E-state index in [0.717, 1.165) is 19.5 Å². The van der Waals surface area contributed by atoms with Crippen LogP contribution in [0.25, 0.3) is 0 Å². The zero-order valence-electron chi connectivity index (χ0n) is 13.5. The molecule has 2 aromatic carbocycles. The van der Waals surface area contributed by atoms with E-state index in [1.807, 2.05) is 24.3 Å². The molecule has 3 nitrogen and oxygen atoms in total. The number of nitrogens with one attached hydrogen (secondary N) is 1. The van der Waals surface area contributed by atoms with Gasteiger partial charge in [0.25, 0.3) is 0 Å². The molecule has 2 rings (SSSR count). The first-order chi connectivity index (χ1) is 11.1. The standard InChI is InChI=1S/C19H21FN2O/c1-14(2)9-10-22-13-15-3-6-17(7-4-15)23-18-8-5-16(12-21)19(20)11-18/h3-8,11,14,22H,9-10,13H2,1-2H3. The quantitative estimate of drug-likeness (QED) is 0.758. The first kappa shape index (κ1) is 17.0. The summed E-state index contributed by atoms with van der Waals surface area (Å²) in [6, 6.07) is 13.7. The Morgan fingerprint density at radius 3 is 2.43 bits per heavy atom. The number of hydrogen-bond acceptors (Lipinski definition) is 3. The van der Waals surface area contributed by atoms with Gasteiger partial charge in [-0.05, 0) is 48.7 Å². The molecule has 0 aliphatic rings. The Morgan fingerprint density at radius 1 is 1.13 bits per heavy atom. The van der Waals surface area contributed by atoms with Crippen molar-refractivity contribution in [2.24, 2.45) is 5.92 Å². The Bertz CT molecular complexity index is 675. The number of nitrogens with zero attached hydrogens (tertiary/aromatic N) is 1. The van der Waals surface area contributed by atoms with Crippen molar-refractivity contribution < 1.29 is 9.13 Å². The van der Waals surface area contributed by atoms with Gasteiger partial charge in [0.05, 0.1) is 5.56 Å². The lowest BCUT2D eigenvalue weighted by Gasteiger charge is -2.09. The molecule has 0 saturated heterocycles. The topological polar surface area (TPSA) is 45.0 Å². The lowest BCUT2D eigenvalue weighted by atomic mass is 10.1. The summed E-state index contributed by atoms with van der Waals surface area (Å²) in [5.74, 6) is 1.14. The fraction of sp³-hybridized carbons (Fsp3) is 0.316. The molecule has 0 aliphatic carbocycles. The van der Waals surface area contributed by atoms with Gasteiger partial charge in [0.2, 0.25) is 0 Å². The van der Waals surface area contributed by atoms with Crippen LogP contribution < -0.4 is 10.1 Å². The molecule has 0 amide bonds. The monoisotopic (exact) mass is 312 g/mol. The van der Waals surface area contributed by atoms with Crippen molar-refractivity contribution in [3.63, 3.8) is 0 Å². The van der Waals surface area contributed by atoms with E-state index in [1.54, 1.807) is 12.1 Å². The molecule has 0 heterocycles. The molecular weight excluding hydrogens is 291 g/mol. The largest absolute Gasteiger partial charge is 0.457 e. The number of rotatable bonds is 7. The lowest BCUT2D eigenvalue weighted by Crippen LogP contribution is -2.16. The average Bonchev–Trinajstić information content (AvgIpc) is 2.53. The van der Waals surface area contributed by atoms with Gasteiger partial charge in [-0.2, -0.15) is 5.26 Å². The number of halogens is 1. The minimum Gasteiger partial charge on any atom is -0.457 e. The summed E-state index contributed by atoms with van der Waals surface area (Å²) >= 11 is 0. The summed E-state index contributed by atoms with van der Waals surface area (Å²) in [5, 5.41) is 12.1. The summed E-state index contributed by atoms with van der Waals surface area (Å²) in [6.45, 7) is 6.23.